The van der Waals surface area contributed by atoms with Crippen LogP contribution < -0.4 is 5.32 Å². The van der Waals surface area contributed by atoms with Crippen LogP contribution in [0.5, 0.6) is 0 Å². The third-order valence-electron chi connectivity index (χ3n) is 4.59. The molecule has 20 heavy (non-hydrogen) atoms. The fourth-order valence-corrected chi connectivity index (χ4v) is 4.61. The molecule has 1 N–H and O–H groups in total. The van der Waals surface area contributed by atoms with Crippen molar-refractivity contribution in [2.24, 2.45) is 0 Å². The van der Waals surface area contributed by atoms with E-state index in [4.69, 9.17) is 0 Å². The molecule has 0 aromatic heterocycles. The van der Waals surface area contributed by atoms with E-state index in [0.29, 0.717) is 0 Å². The fourth-order valence-electron chi connectivity index (χ4n) is 3.34. The molecule has 0 amide bonds. The minimum Gasteiger partial charge on any atom is -0.317 e. The van der Waals surface area contributed by atoms with Gasteiger partial charge in [-0.1, -0.05) is 30.3 Å². The second-order valence-electron chi connectivity index (χ2n) is 6.02. The van der Waals surface area contributed by atoms with Crippen molar-refractivity contribution in [2.45, 2.75) is 30.4 Å². The maximum atomic E-state index is 3.45. The van der Waals surface area contributed by atoms with Gasteiger partial charge in [-0.05, 0) is 50.4 Å². The molecule has 1 unspecified atom stereocenters. The highest BCUT2D eigenvalue weighted by molar-refractivity contribution is 7.99. The minimum absolute atomic E-state index is 0.764. The summed E-state index contributed by atoms with van der Waals surface area (Å²) in [5.74, 6) is 2.08. The van der Waals surface area contributed by atoms with Gasteiger partial charge >= 0.3 is 0 Å². The maximum Gasteiger partial charge on any atom is 0.00727 e. The van der Waals surface area contributed by atoms with Crippen LogP contribution in [0.3, 0.4) is 0 Å². The summed E-state index contributed by atoms with van der Waals surface area (Å²) in [6.45, 7) is 6.26. The first-order chi connectivity index (χ1) is 9.92. The number of nitrogens with one attached hydrogen (secondary N) is 1. The molecule has 2 aliphatic heterocycles. The molecule has 2 heterocycles. The SMILES string of the molecule is c1ccc(C2CCN(CCSC3CCNCC3)C2)cc1. The Labute approximate surface area is 127 Å². The van der Waals surface area contributed by atoms with Gasteiger partial charge in [0.05, 0.1) is 0 Å². The van der Waals surface area contributed by atoms with Gasteiger partial charge in [-0.2, -0.15) is 11.8 Å². The molecule has 3 rings (SSSR count). The van der Waals surface area contributed by atoms with Gasteiger partial charge in [0.2, 0.25) is 0 Å². The second-order valence-corrected chi connectivity index (χ2v) is 7.43. The summed E-state index contributed by atoms with van der Waals surface area (Å²) in [6, 6.07) is 11.0. The van der Waals surface area contributed by atoms with Crippen molar-refractivity contribution in [1.82, 2.24) is 10.2 Å². The normalized spacial score (nSPS) is 25.1. The van der Waals surface area contributed by atoms with E-state index < -0.39 is 0 Å². The van der Waals surface area contributed by atoms with E-state index in [1.165, 1.54) is 63.3 Å². The third-order valence-corrected chi connectivity index (χ3v) is 5.95. The molecule has 2 aliphatic rings. The largest absolute Gasteiger partial charge is 0.317 e. The van der Waals surface area contributed by atoms with Crippen LogP contribution in [0.2, 0.25) is 0 Å². The highest BCUT2D eigenvalue weighted by atomic mass is 32.2. The topological polar surface area (TPSA) is 15.3 Å². The number of piperidine rings is 1. The first-order valence-electron chi connectivity index (χ1n) is 8.01. The first-order valence-corrected chi connectivity index (χ1v) is 9.06. The van der Waals surface area contributed by atoms with Gasteiger partial charge in [0.15, 0.2) is 0 Å². The number of hydrogen-bond acceptors (Lipinski definition) is 3. The van der Waals surface area contributed by atoms with Crippen LogP contribution in [0, 0.1) is 0 Å². The highest BCUT2D eigenvalue weighted by Gasteiger charge is 2.23. The van der Waals surface area contributed by atoms with Crippen LogP contribution in [0.4, 0.5) is 0 Å². The zero-order valence-corrected chi connectivity index (χ0v) is 13.1. The van der Waals surface area contributed by atoms with Crippen LogP contribution in [-0.2, 0) is 0 Å². The Bertz CT molecular complexity index is 389. The van der Waals surface area contributed by atoms with Crippen LogP contribution >= 0.6 is 11.8 Å². The average molecular weight is 290 g/mol. The van der Waals surface area contributed by atoms with Crippen LogP contribution in [-0.4, -0.2) is 48.6 Å². The van der Waals surface area contributed by atoms with Crippen molar-refractivity contribution < 1.29 is 0 Å². The summed E-state index contributed by atoms with van der Waals surface area (Å²) in [7, 11) is 0. The molecule has 0 radical (unpaired) electrons. The first kappa shape index (κ1) is 14.4. The van der Waals surface area contributed by atoms with E-state index in [-0.39, 0.29) is 0 Å². The third kappa shape index (κ3) is 4.00. The molecule has 110 valence electrons. The summed E-state index contributed by atoms with van der Waals surface area (Å²) < 4.78 is 0. The van der Waals surface area contributed by atoms with Gasteiger partial charge in [0.25, 0.3) is 0 Å². The van der Waals surface area contributed by atoms with Crippen molar-refractivity contribution in [2.75, 3.05) is 38.5 Å². The molecule has 0 spiro atoms. The number of nitrogens with zero attached hydrogens (tertiary/aromatic N) is 1. The van der Waals surface area contributed by atoms with Gasteiger partial charge in [0, 0.05) is 24.1 Å². The number of hydrogen-bond donors (Lipinski definition) is 1. The zero-order chi connectivity index (χ0) is 13.6. The molecule has 0 bridgehead atoms. The van der Waals surface area contributed by atoms with Crippen molar-refractivity contribution in [1.29, 1.82) is 0 Å². The molecule has 0 saturated carbocycles. The van der Waals surface area contributed by atoms with Crippen molar-refractivity contribution in [3.05, 3.63) is 35.9 Å². The molecular weight excluding hydrogens is 264 g/mol. The highest BCUT2D eigenvalue weighted by Crippen LogP contribution is 2.27. The Morgan fingerprint density at radius 3 is 2.70 bits per heavy atom. The minimum atomic E-state index is 0.764. The standard InChI is InChI=1S/C17H26N2S/c1-2-4-15(5-3-1)16-8-11-19(14-16)12-13-20-17-6-9-18-10-7-17/h1-5,16-18H,6-14H2. The van der Waals surface area contributed by atoms with Crippen LogP contribution in [0.15, 0.2) is 30.3 Å². The summed E-state index contributed by atoms with van der Waals surface area (Å²) in [5.41, 5.74) is 1.53. The molecule has 1 aromatic rings. The molecule has 0 aliphatic carbocycles. The fraction of sp³-hybridized carbons (Fsp3) is 0.647. The Kier molecular flexibility index (Phi) is 5.40. The number of likely N-dealkylation sites (tertiary alicyclic amines) is 1. The van der Waals surface area contributed by atoms with E-state index >= 15 is 0 Å². The van der Waals surface area contributed by atoms with E-state index in [0.717, 1.165) is 11.2 Å². The maximum absolute atomic E-state index is 3.45. The number of benzene rings is 1. The van der Waals surface area contributed by atoms with E-state index in [9.17, 15) is 0 Å². The zero-order valence-electron chi connectivity index (χ0n) is 12.3. The quantitative estimate of drug-likeness (QED) is 0.897. The molecule has 2 saturated heterocycles. The summed E-state index contributed by atoms with van der Waals surface area (Å²) in [6.07, 6.45) is 4.05. The van der Waals surface area contributed by atoms with Gasteiger partial charge < -0.3 is 10.2 Å². The van der Waals surface area contributed by atoms with Crippen LogP contribution in [0.25, 0.3) is 0 Å². The molecule has 2 nitrogen and oxygen atoms in total. The van der Waals surface area contributed by atoms with Crippen molar-refractivity contribution in [3.8, 4) is 0 Å². The number of rotatable bonds is 5. The molecular formula is C17H26N2S. The molecule has 3 heteroatoms. The van der Waals surface area contributed by atoms with Gasteiger partial charge in [-0.3, -0.25) is 0 Å². The van der Waals surface area contributed by atoms with Gasteiger partial charge in [-0.15, -0.1) is 0 Å². The molecule has 1 aromatic carbocycles. The lowest BCUT2D eigenvalue weighted by Crippen LogP contribution is -2.30. The Hall–Kier alpha value is -0.510. The Morgan fingerprint density at radius 1 is 1.10 bits per heavy atom. The average Bonchev–Trinajstić information content (AvgIpc) is 2.98. The number of thioether (sulfide) groups is 1. The van der Waals surface area contributed by atoms with Gasteiger partial charge in [0.1, 0.15) is 0 Å². The lowest BCUT2D eigenvalue weighted by Gasteiger charge is -2.23. The second kappa shape index (κ2) is 7.48. The summed E-state index contributed by atoms with van der Waals surface area (Å²) in [5, 5.41) is 4.35. The van der Waals surface area contributed by atoms with Crippen molar-refractivity contribution >= 4 is 11.8 Å². The van der Waals surface area contributed by atoms with Crippen LogP contribution in [0.1, 0.15) is 30.7 Å². The van der Waals surface area contributed by atoms with Crippen molar-refractivity contribution in [3.63, 3.8) is 0 Å². The summed E-state index contributed by atoms with van der Waals surface area (Å²) in [4.78, 5) is 2.66. The van der Waals surface area contributed by atoms with E-state index in [1.807, 2.05) is 0 Å². The lowest BCUT2D eigenvalue weighted by molar-refractivity contribution is 0.356. The van der Waals surface area contributed by atoms with E-state index in [1.54, 1.807) is 0 Å². The summed E-state index contributed by atoms with van der Waals surface area (Å²) >= 11 is 2.20. The molecule has 2 fully saturated rings. The monoisotopic (exact) mass is 290 g/mol. The Balaban J connectivity index is 1.37. The van der Waals surface area contributed by atoms with E-state index in [2.05, 4.69) is 52.3 Å². The smallest absolute Gasteiger partial charge is 0.00727 e. The van der Waals surface area contributed by atoms with Gasteiger partial charge in [-0.25, -0.2) is 0 Å². The predicted octanol–water partition coefficient (Wildman–Crippen LogP) is 2.96. The predicted molar refractivity (Wildman–Crippen MR) is 88.6 cm³/mol. The lowest BCUT2D eigenvalue weighted by atomic mass is 9.99. The Morgan fingerprint density at radius 2 is 1.90 bits per heavy atom. The molecule has 1 atom stereocenters.